The molecule has 13 heteroatoms. The zero-order chi connectivity index (χ0) is 25.3. The van der Waals surface area contributed by atoms with Gasteiger partial charge >= 0.3 is 12.2 Å². The number of hydrogen-bond acceptors (Lipinski definition) is 6. The Kier molecular flexibility index (Phi) is 6.43. The number of aromatic nitrogens is 3. The van der Waals surface area contributed by atoms with Gasteiger partial charge in [0.05, 0.1) is 23.5 Å². The molecule has 2 aromatic heterocycles. The highest BCUT2D eigenvalue weighted by Crippen LogP contribution is 2.32. The van der Waals surface area contributed by atoms with Gasteiger partial charge in [-0.1, -0.05) is 6.07 Å². The number of fused-ring (bicyclic) bond motifs is 1. The first-order valence-corrected chi connectivity index (χ1v) is 10.5. The van der Waals surface area contributed by atoms with Gasteiger partial charge in [0.2, 0.25) is 11.5 Å². The molecule has 0 saturated carbocycles. The number of anilines is 2. The van der Waals surface area contributed by atoms with E-state index in [-0.39, 0.29) is 23.6 Å². The Bertz CT molecular complexity index is 1330. The van der Waals surface area contributed by atoms with E-state index in [0.29, 0.717) is 36.5 Å². The maximum Gasteiger partial charge on any atom is 0.419 e. The number of urea groups is 1. The molecule has 2 amide bonds. The van der Waals surface area contributed by atoms with Crippen LogP contribution in [0.2, 0.25) is 0 Å². The first kappa shape index (κ1) is 24.1. The van der Waals surface area contributed by atoms with Gasteiger partial charge in [0.15, 0.2) is 0 Å². The van der Waals surface area contributed by atoms with Crippen LogP contribution in [0.15, 0.2) is 47.5 Å². The van der Waals surface area contributed by atoms with Crippen LogP contribution in [0.5, 0.6) is 0 Å². The Morgan fingerprint density at radius 3 is 2.69 bits per heavy atom. The van der Waals surface area contributed by atoms with Crippen LogP contribution in [0, 0.1) is 5.82 Å². The third kappa shape index (κ3) is 5.40. The van der Waals surface area contributed by atoms with E-state index in [1.54, 1.807) is 25.5 Å². The van der Waals surface area contributed by atoms with Crippen LogP contribution in [0.25, 0.3) is 0 Å². The number of rotatable bonds is 4. The van der Waals surface area contributed by atoms with Crippen molar-refractivity contribution in [1.82, 2.24) is 24.8 Å². The van der Waals surface area contributed by atoms with Gasteiger partial charge in [-0.2, -0.15) is 13.2 Å². The number of benzene rings is 1. The lowest BCUT2D eigenvalue weighted by Crippen LogP contribution is -2.46. The highest BCUT2D eigenvalue weighted by atomic mass is 19.4. The minimum absolute atomic E-state index is 0.00710. The fourth-order valence-electron chi connectivity index (χ4n) is 3.60. The second-order valence-corrected chi connectivity index (χ2v) is 7.99. The molecule has 1 aromatic carbocycles. The maximum absolute atomic E-state index is 13.9. The smallest absolute Gasteiger partial charge is 0.323 e. The van der Waals surface area contributed by atoms with Crippen molar-refractivity contribution in [3.8, 4) is 0 Å². The van der Waals surface area contributed by atoms with Crippen LogP contribution in [0.3, 0.4) is 0 Å². The Hall–Kier alpha value is -4.00. The predicted octanol–water partition coefficient (Wildman–Crippen LogP) is 2.80. The second-order valence-electron chi connectivity index (χ2n) is 7.99. The van der Waals surface area contributed by atoms with Gasteiger partial charge < -0.3 is 25.8 Å². The van der Waals surface area contributed by atoms with E-state index in [0.717, 1.165) is 11.6 Å². The van der Waals surface area contributed by atoms with Crippen LogP contribution in [0.4, 0.5) is 34.0 Å². The Morgan fingerprint density at radius 2 is 2.00 bits per heavy atom. The molecule has 1 atom stereocenters. The number of pyridine rings is 1. The van der Waals surface area contributed by atoms with E-state index in [2.05, 4.69) is 20.6 Å². The van der Waals surface area contributed by atoms with Gasteiger partial charge in [-0.15, -0.1) is 0 Å². The first-order chi connectivity index (χ1) is 16.5. The summed E-state index contributed by atoms with van der Waals surface area (Å²) in [6.45, 7) is 0.476. The minimum atomic E-state index is -4.83. The van der Waals surface area contributed by atoms with Crippen molar-refractivity contribution >= 4 is 17.7 Å². The predicted molar refractivity (Wildman–Crippen MR) is 118 cm³/mol. The molecule has 35 heavy (non-hydrogen) atoms. The number of hydrogen-bond donors (Lipinski definition) is 3. The summed E-state index contributed by atoms with van der Waals surface area (Å²) >= 11 is 0. The number of amides is 2. The van der Waals surface area contributed by atoms with E-state index < -0.39 is 29.8 Å². The minimum Gasteiger partial charge on any atom is -0.323 e. The average Bonchev–Trinajstić information content (AvgIpc) is 2.80. The molecule has 0 aliphatic carbocycles. The monoisotopic (exact) mass is 491 g/mol. The van der Waals surface area contributed by atoms with Crippen molar-refractivity contribution in [3.63, 3.8) is 0 Å². The van der Waals surface area contributed by atoms with Crippen molar-refractivity contribution in [1.29, 1.82) is 0 Å². The number of halogens is 4. The first-order valence-electron chi connectivity index (χ1n) is 10.5. The van der Waals surface area contributed by atoms with Gasteiger partial charge in [0, 0.05) is 32.1 Å². The molecule has 1 aliphatic heterocycles. The fourth-order valence-corrected chi connectivity index (χ4v) is 3.60. The topological polar surface area (TPSA) is 118 Å². The Balaban J connectivity index is 1.43. The number of carbonyl (C=O) groups excluding carboxylic acids is 1. The summed E-state index contributed by atoms with van der Waals surface area (Å²) < 4.78 is 53.6. The molecule has 4 N–H and O–H groups in total. The molecule has 0 unspecified atom stereocenters. The van der Waals surface area contributed by atoms with E-state index in [1.807, 2.05) is 0 Å². The number of alkyl halides is 3. The van der Waals surface area contributed by atoms with Crippen molar-refractivity contribution < 1.29 is 22.4 Å². The number of aryl methyl sites for hydroxylation is 1. The number of carbonyl (C=O) groups is 1. The van der Waals surface area contributed by atoms with Gasteiger partial charge in [-0.25, -0.2) is 19.2 Å². The summed E-state index contributed by atoms with van der Waals surface area (Å²) in [6, 6.07) is 4.69. The molecule has 0 fully saturated rings. The van der Waals surface area contributed by atoms with Crippen molar-refractivity contribution in [2.75, 3.05) is 11.9 Å². The van der Waals surface area contributed by atoms with Crippen LogP contribution >= 0.6 is 0 Å². The average molecular weight is 491 g/mol. The molecule has 0 radical (unpaired) electrons. The molecule has 0 bridgehead atoms. The van der Waals surface area contributed by atoms with E-state index in [9.17, 15) is 27.2 Å². The standard InChI is InChI=1S/C22H21F4N7O2/c1-32-10-14(3-5-18(32)34)29-20-28-9-13-6-7-33(11-17(13)30-20)21(35)31-19(27)12-2-4-15(16(23)8-12)22(24,25)26/h2-5,8-10,19H,6-7,11,27H2,1H3,(H,31,35)(H,28,29,30)/t19-/m0/s1. The van der Waals surface area contributed by atoms with Crippen LogP contribution in [-0.4, -0.2) is 32.0 Å². The number of nitrogens with one attached hydrogen (secondary N) is 2. The van der Waals surface area contributed by atoms with E-state index >= 15 is 0 Å². The van der Waals surface area contributed by atoms with Crippen molar-refractivity contribution in [3.05, 3.63) is 81.3 Å². The highest BCUT2D eigenvalue weighted by Gasteiger charge is 2.34. The third-order valence-corrected chi connectivity index (χ3v) is 5.51. The summed E-state index contributed by atoms with van der Waals surface area (Å²) in [4.78, 5) is 34.4. The summed E-state index contributed by atoms with van der Waals surface area (Å²) in [5.74, 6) is -1.19. The molecule has 0 saturated heterocycles. The zero-order valence-corrected chi connectivity index (χ0v) is 18.4. The number of nitrogens with zero attached hydrogens (tertiary/aromatic N) is 4. The molecule has 1 aliphatic rings. The highest BCUT2D eigenvalue weighted by molar-refractivity contribution is 5.75. The SMILES string of the molecule is Cn1cc(Nc2ncc3c(n2)CN(C(=O)N[C@H](N)c2ccc(C(F)(F)F)c(F)c2)CC3)ccc1=O. The molecular formula is C22H21F4N7O2. The molecular weight excluding hydrogens is 470 g/mol. The van der Waals surface area contributed by atoms with Crippen LogP contribution in [-0.2, 0) is 26.2 Å². The van der Waals surface area contributed by atoms with Gasteiger partial charge in [0.1, 0.15) is 12.0 Å². The molecule has 3 heterocycles. The molecule has 4 rings (SSSR count). The van der Waals surface area contributed by atoms with Crippen LogP contribution < -0.4 is 21.9 Å². The van der Waals surface area contributed by atoms with Crippen LogP contribution in [0.1, 0.15) is 28.6 Å². The lowest BCUT2D eigenvalue weighted by Gasteiger charge is -2.29. The second kappa shape index (κ2) is 9.33. The Morgan fingerprint density at radius 1 is 1.23 bits per heavy atom. The van der Waals surface area contributed by atoms with Gasteiger partial charge in [-0.05, 0) is 35.7 Å². The van der Waals surface area contributed by atoms with Crippen molar-refractivity contribution in [2.45, 2.75) is 25.3 Å². The number of nitrogens with two attached hydrogens (primary N) is 1. The molecule has 9 nitrogen and oxygen atoms in total. The fraction of sp³-hybridized carbons (Fsp3) is 0.273. The van der Waals surface area contributed by atoms with Crippen molar-refractivity contribution in [2.24, 2.45) is 12.8 Å². The normalized spacial score (nSPS) is 14.3. The maximum atomic E-state index is 13.9. The quantitative estimate of drug-likeness (QED) is 0.382. The summed E-state index contributed by atoms with van der Waals surface area (Å²) in [5.41, 5.74) is 6.37. The lowest BCUT2D eigenvalue weighted by molar-refractivity contribution is -0.140. The van der Waals surface area contributed by atoms with Gasteiger partial charge in [0.25, 0.3) is 0 Å². The molecule has 3 aromatic rings. The summed E-state index contributed by atoms with van der Waals surface area (Å²) in [6.07, 6.45) is -2.32. The zero-order valence-electron chi connectivity index (χ0n) is 18.4. The van der Waals surface area contributed by atoms with E-state index in [4.69, 9.17) is 5.73 Å². The largest absolute Gasteiger partial charge is 0.419 e. The molecule has 184 valence electrons. The van der Waals surface area contributed by atoms with E-state index in [1.165, 1.54) is 15.5 Å². The Labute approximate surface area is 196 Å². The third-order valence-electron chi connectivity index (χ3n) is 5.51. The molecule has 0 spiro atoms. The van der Waals surface area contributed by atoms with Gasteiger partial charge in [-0.3, -0.25) is 4.79 Å². The summed E-state index contributed by atoms with van der Waals surface area (Å²) in [5, 5.41) is 5.48. The lowest BCUT2D eigenvalue weighted by atomic mass is 10.1. The summed E-state index contributed by atoms with van der Waals surface area (Å²) in [7, 11) is 1.61.